The average molecular weight is 678 g/mol. The van der Waals surface area contributed by atoms with E-state index in [1.807, 2.05) is 12.3 Å². The zero-order chi connectivity index (χ0) is 35.1. The smallest absolute Gasteiger partial charge is 0.227 e. The van der Waals surface area contributed by atoms with Gasteiger partial charge in [0.25, 0.3) is 0 Å². The molecule has 0 radical (unpaired) electrons. The first-order valence-electron chi connectivity index (χ1n) is 18.5. The van der Waals surface area contributed by atoms with Crippen molar-refractivity contribution in [3.05, 3.63) is 114 Å². The fourth-order valence-electron chi connectivity index (χ4n) is 8.88. The summed E-state index contributed by atoms with van der Waals surface area (Å²) in [5.74, 6) is 0.340. The summed E-state index contributed by atoms with van der Waals surface area (Å²) in [4.78, 5) is 4.64. The van der Waals surface area contributed by atoms with Gasteiger partial charge in [-0.1, -0.05) is 77.7 Å². The lowest BCUT2D eigenvalue weighted by molar-refractivity contribution is -0.719. The zero-order valence-corrected chi connectivity index (χ0v) is 32.2. The second kappa shape index (κ2) is 11.9. The highest BCUT2D eigenvalue weighted by Gasteiger charge is 2.44. The van der Waals surface area contributed by atoms with Gasteiger partial charge in [-0.2, -0.15) is 9.13 Å². The predicted molar refractivity (Wildman–Crippen MR) is 210 cm³/mol. The van der Waals surface area contributed by atoms with Crippen LogP contribution < -0.4 is 14.3 Å². The van der Waals surface area contributed by atoms with Crippen LogP contribution in [0.5, 0.6) is 0 Å². The lowest BCUT2D eigenvalue weighted by Crippen LogP contribution is -2.54. The van der Waals surface area contributed by atoms with Crippen molar-refractivity contribution in [3.63, 3.8) is 0 Å². The van der Waals surface area contributed by atoms with E-state index in [4.69, 9.17) is 11.0 Å². The van der Waals surface area contributed by atoms with Gasteiger partial charge in [-0.15, -0.1) is 0 Å². The van der Waals surface area contributed by atoms with E-state index in [1.165, 1.54) is 50.3 Å². The Morgan fingerprint density at radius 3 is 2.48 bits per heavy atom. The lowest BCUT2D eigenvalue weighted by atomic mass is 9.77. The highest BCUT2D eigenvalue weighted by molar-refractivity contribution is 6.89. The summed E-state index contributed by atoms with van der Waals surface area (Å²) in [6.45, 7) is 24.0. The van der Waals surface area contributed by atoms with Gasteiger partial charge >= 0.3 is 0 Å². The van der Waals surface area contributed by atoms with Crippen LogP contribution in [0.4, 0.5) is 0 Å². The molecule has 2 atom stereocenters. The molecule has 0 amide bonds. The number of furan rings is 1. The van der Waals surface area contributed by atoms with Crippen LogP contribution in [-0.4, -0.2) is 13.1 Å². The van der Waals surface area contributed by atoms with Crippen molar-refractivity contribution in [1.82, 2.24) is 4.98 Å². The second-order valence-electron chi connectivity index (χ2n) is 17.1. The second-order valence-corrected chi connectivity index (χ2v) is 22.1. The van der Waals surface area contributed by atoms with Crippen molar-refractivity contribution in [2.24, 2.45) is 5.41 Å². The summed E-state index contributed by atoms with van der Waals surface area (Å²) in [7, 11) is -1.61. The molecule has 0 saturated heterocycles. The Kier molecular flexibility index (Phi) is 7.79. The molecule has 0 N–H and O–H groups in total. The number of allylic oxidation sites excluding steroid dienone is 1. The number of hydrogen-bond acceptors (Lipinski definition) is 2. The maximum absolute atomic E-state index is 6.70. The normalized spacial score (nSPS) is 17.6. The van der Waals surface area contributed by atoms with Crippen molar-refractivity contribution >= 4 is 41.0 Å². The number of aryl methyl sites for hydroxylation is 3. The van der Waals surface area contributed by atoms with Crippen molar-refractivity contribution in [2.45, 2.75) is 98.3 Å². The highest BCUT2D eigenvalue weighted by atomic mass is 28.3. The molecule has 0 aliphatic carbocycles. The first-order valence-corrected chi connectivity index (χ1v) is 22.0. The van der Waals surface area contributed by atoms with Gasteiger partial charge in [-0.25, -0.2) is 4.98 Å². The van der Waals surface area contributed by atoms with Crippen molar-refractivity contribution < 1.29 is 13.6 Å². The van der Waals surface area contributed by atoms with Crippen molar-refractivity contribution in [3.8, 4) is 22.5 Å². The number of hydrogen-bond donors (Lipinski definition) is 0. The standard InChI is InChI=1S/C45H51N3OSi/c1-10-30-23-39-34-15-12-11-14-33(34)35-19-17-31-18-20-36-37-16-13-21-46-44(37)49-43(36)42(31)40-24-32(25-45(4,5)6)28(2)26-47(40)29(3)22-38(35)48(39)27-41(30)50(7,8)9/h11-16,18,20-21,23-24,26-27,35,38H,3,10,17,19,22,25H2,1-2,4-9H3/q+2. The van der Waals surface area contributed by atoms with Crippen LogP contribution in [0.25, 0.3) is 50.3 Å². The molecule has 0 spiro atoms. The van der Waals surface area contributed by atoms with E-state index in [-0.39, 0.29) is 11.5 Å². The molecular weight excluding hydrogens is 627 g/mol. The van der Waals surface area contributed by atoms with Gasteiger partial charge in [0.05, 0.1) is 20.1 Å². The molecule has 4 nitrogen and oxygen atoms in total. The Bertz CT molecular complexity index is 2330. The number of nitrogens with zero attached hydrogens (tertiary/aromatic N) is 3. The van der Waals surface area contributed by atoms with E-state index in [9.17, 15) is 0 Å². The van der Waals surface area contributed by atoms with Gasteiger partial charge in [0.1, 0.15) is 0 Å². The van der Waals surface area contributed by atoms with Crippen LogP contribution in [0, 0.1) is 12.3 Å². The van der Waals surface area contributed by atoms with Gasteiger partial charge in [0.2, 0.25) is 17.1 Å². The molecule has 5 heteroatoms. The monoisotopic (exact) mass is 677 g/mol. The molecule has 0 bridgehead atoms. The number of aromatic nitrogens is 3. The van der Waals surface area contributed by atoms with Gasteiger partial charge in [-0.05, 0) is 85.1 Å². The lowest BCUT2D eigenvalue weighted by Gasteiger charge is -2.33. The third-order valence-electron chi connectivity index (χ3n) is 11.2. The Morgan fingerprint density at radius 1 is 0.940 bits per heavy atom. The van der Waals surface area contributed by atoms with Crippen LogP contribution in [0.2, 0.25) is 19.6 Å². The van der Waals surface area contributed by atoms with Crippen LogP contribution in [0.3, 0.4) is 0 Å². The van der Waals surface area contributed by atoms with Crippen LogP contribution in [-0.2, 0) is 19.3 Å². The molecular formula is C45H51N3OSi+2. The topological polar surface area (TPSA) is 33.8 Å². The third kappa shape index (κ3) is 5.45. The van der Waals surface area contributed by atoms with E-state index < -0.39 is 8.07 Å². The van der Waals surface area contributed by atoms with Crippen LogP contribution in [0.1, 0.15) is 80.3 Å². The summed E-state index contributed by atoms with van der Waals surface area (Å²) < 4.78 is 11.8. The molecule has 6 heterocycles. The Balaban J connectivity index is 1.40. The van der Waals surface area contributed by atoms with E-state index in [2.05, 4.69) is 135 Å². The molecule has 0 saturated carbocycles. The first kappa shape index (κ1) is 32.8. The number of fused-ring (bicyclic) bond motifs is 13. The summed E-state index contributed by atoms with van der Waals surface area (Å²) >= 11 is 0. The molecule has 6 aromatic rings. The molecule has 50 heavy (non-hydrogen) atoms. The Labute approximate surface area is 298 Å². The predicted octanol–water partition coefficient (Wildman–Crippen LogP) is 10.0. The highest BCUT2D eigenvalue weighted by Crippen LogP contribution is 2.46. The summed E-state index contributed by atoms with van der Waals surface area (Å²) in [5, 5.41) is 3.76. The van der Waals surface area contributed by atoms with Crippen molar-refractivity contribution in [1.29, 1.82) is 0 Å². The first-order chi connectivity index (χ1) is 23.8. The molecule has 254 valence electrons. The minimum atomic E-state index is -1.61. The van der Waals surface area contributed by atoms with Gasteiger partial charge in [0, 0.05) is 51.3 Å². The summed E-state index contributed by atoms with van der Waals surface area (Å²) in [6.07, 6.45) is 11.6. The molecule has 2 aromatic carbocycles. The van der Waals surface area contributed by atoms with Crippen LogP contribution in [0.15, 0.2) is 90.3 Å². The van der Waals surface area contributed by atoms with E-state index in [0.29, 0.717) is 11.6 Å². The fraction of sp³-hybridized carbons (Fsp3) is 0.356. The Morgan fingerprint density at radius 2 is 1.72 bits per heavy atom. The average Bonchev–Trinajstić information content (AvgIpc) is 3.45. The summed E-state index contributed by atoms with van der Waals surface area (Å²) in [5.41, 5.74) is 14.9. The van der Waals surface area contributed by atoms with E-state index in [0.717, 1.165) is 54.2 Å². The number of pyridine rings is 3. The molecule has 2 aliphatic heterocycles. The quantitative estimate of drug-likeness (QED) is 0.138. The maximum atomic E-state index is 6.70. The Hall–Kier alpha value is -4.35. The van der Waals surface area contributed by atoms with Crippen LogP contribution >= 0.6 is 0 Å². The molecule has 4 aromatic heterocycles. The molecule has 2 aliphatic rings. The largest absolute Gasteiger partial charge is 0.437 e. The van der Waals surface area contributed by atoms with Gasteiger partial charge in [-0.3, -0.25) is 0 Å². The molecule has 8 rings (SSSR count). The van der Waals surface area contributed by atoms with E-state index in [1.54, 1.807) is 5.19 Å². The fourth-order valence-corrected chi connectivity index (χ4v) is 10.6. The minimum Gasteiger partial charge on any atom is -0.437 e. The molecule has 0 fully saturated rings. The summed E-state index contributed by atoms with van der Waals surface area (Å²) in [6, 6.07) is 23.2. The number of rotatable bonds is 3. The minimum absolute atomic E-state index is 0.156. The van der Waals surface area contributed by atoms with Crippen molar-refractivity contribution in [2.75, 3.05) is 0 Å². The van der Waals surface area contributed by atoms with E-state index >= 15 is 0 Å². The SMILES string of the molecule is C=C1CC2C(CCc3ccc4c(oc5ncccc54)c3-c3cc(CC(C)(C)C)c(C)c[n+]31)c1ccccc1-c1cc(CC)c([Si](C)(C)C)c[n+]12. The molecule has 2 unspecified atom stereocenters. The third-order valence-corrected chi connectivity index (χ3v) is 13.3. The maximum Gasteiger partial charge on any atom is 0.227 e. The van der Waals surface area contributed by atoms with Gasteiger partial charge in [0.15, 0.2) is 29.7 Å². The number of benzene rings is 2. The zero-order valence-electron chi connectivity index (χ0n) is 31.2. The van der Waals surface area contributed by atoms with Gasteiger partial charge < -0.3 is 4.42 Å².